The van der Waals surface area contributed by atoms with Crippen molar-refractivity contribution in [2.45, 2.75) is 16.8 Å². The number of sulfone groups is 1. The standard InChI is InChI=1S/C23H25N3O5S/c1-16-4-3-5-17(14-16)21-24-22(23(31-21)26-10-8-25(2)9-11-26)32(27,28)18-6-7-19-20(15-18)30-13-12-29-19/h3-7,14-15H,8-13H2,1-2H3. The van der Waals surface area contributed by atoms with Gasteiger partial charge in [0.1, 0.15) is 13.2 Å². The lowest BCUT2D eigenvalue weighted by molar-refractivity contribution is 0.171. The molecule has 168 valence electrons. The van der Waals surface area contributed by atoms with Crippen molar-refractivity contribution in [3.63, 3.8) is 0 Å². The van der Waals surface area contributed by atoms with E-state index in [9.17, 15) is 8.42 Å². The lowest BCUT2D eigenvalue weighted by atomic mass is 10.1. The van der Waals surface area contributed by atoms with Crippen LogP contribution in [0.5, 0.6) is 11.5 Å². The number of oxazole rings is 1. The van der Waals surface area contributed by atoms with Crippen LogP contribution in [0.25, 0.3) is 11.5 Å². The van der Waals surface area contributed by atoms with Crippen molar-refractivity contribution in [1.29, 1.82) is 0 Å². The van der Waals surface area contributed by atoms with E-state index in [-0.39, 0.29) is 15.8 Å². The summed E-state index contributed by atoms with van der Waals surface area (Å²) in [7, 11) is -1.91. The Morgan fingerprint density at radius 1 is 0.938 bits per heavy atom. The molecule has 0 aliphatic carbocycles. The summed E-state index contributed by atoms with van der Waals surface area (Å²) in [6.45, 7) is 5.72. The maximum absolute atomic E-state index is 13.7. The van der Waals surface area contributed by atoms with Crippen molar-refractivity contribution >= 4 is 15.7 Å². The van der Waals surface area contributed by atoms with Crippen molar-refractivity contribution < 1.29 is 22.3 Å². The van der Waals surface area contributed by atoms with E-state index < -0.39 is 9.84 Å². The minimum absolute atomic E-state index is 0.0739. The largest absolute Gasteiger partial charge is 0.486 e. The molecule has 0 amide bonds. The van der Waals surface area contributed by atoms with Crippen LogP contribution in [0, 0.1) is 6.92 Å². The monoisotopic (exact) mass is 455 g/mol. The predicted molar refractivity (Wildman–Crippen MR) is 119 cm³/mol. The van der Waals surface area contributed by atoms with Crippen molar-refractivity contribution in [2.75, 3.05) is 51.3 Å². The van der Waals surface area contributed by atoms with Crippen LogP contribution in [0.15, 0.2) is 56.8 Å². The van der Waals surface area contributed by atoms with Gasteiger partial charge in [-0.2, -0.15) is 4.98 Å². The SMILES string of the molecule is Cc1cccc(-c2nc(S(=O)(=O)c3ccc4c(c3)OCCO4)c(N3CCN(C)CC3)o2)c1. The summed E-state index contributed by atoms with van der Waals surface area (Å²) in [4.78, 5) is 8.75. The number of rotatable bonds is 4. The number of fused-ring (bicyclic) bond motifs is 1. The number of likely N-dealkylation sites (N-methyl/N-ethyl adjacent to an activating group) is 1. The minimum atomic E-state index is -3.96. The van der Waals surface area contributed by atoms with Crippen LogP contribution in [0.2, 0.25) is 0 Å². The molecule has 3 aromatic rings. The highest BCUT2D eigenvalue weighted by Crippen LogP contribution is 2.38. The average Bonchev–Trinajstić information content (AvgIpc) is 3.26. The van der Waals surface area contributed by atoms with Crippen molar-refractivity contribution in [3.8, 4) is 23.0 Å². The van der Waals surface area contributed by atoms with Crippen molar-refractivity contribution in [1.82, 2.24) is 9.88 Å². The van der Waals surface area contributed by atoms with Crippen LogP contribution >= 0.6 is 0 Å². The number of hydrogen-bond acceptors (Lipinski definition) is 8. The smallest absolute Gasteiger partial charge is 0.236 e. The highest BCUT2D eigenvalue weighted by atomic mass is 32.2. The molecular formula is C23H25N3O5S. The molecule has 0 N–H and O–H groups in total. The Hall–Kier alpha value is -3.04. The van der Waals surface area contributed by atoms with Gasteiger partial charge in [0, 0.05) is 37.8 Å². The molecule has 3 heterocycles. The Balaban J connectivity index is 1.61. The highest BCUT2D eigenvalue weighted by Gasteiger charge is 2.33. The normalized spacial score (nSPS) is 16.9. The number of aryl methyl sites for hydroxylation is 1. The summed E-state index contributed by atoms with van der Waals surface area (Å²) in [5, 5.41) is -0.0739. The van der Waals surface area contributed by atoms with E-state index in [0.29, 0.717) is 43.7 Å². The average molecular weight is 456 g/mol. The van der Waals surface area contributed by atoms with Crippen molar-refractivity contribution in [3.05, 3.63) is 48.0 Å². The zero-order chi connectivity index (χ0) is 22.3. The Labute approximate surface area is 187 Å². The minimum Gasteiger partial charge on any atom is -0.486 e. The molecule has 2 aliphatic rings. The Bertz CT molecular complexity index is 1250. The lowest BCUT2D eigenvalue weighted by Gasteiger charge is -2.32. The van der Waals surface area contributed by atoms with Gasteiger partial charge in [-0.3, -0.25) is 0 Å². The third-order valence-corrected chi connectivity index (χ3v) is 7.36. The summed E-state index contributed by atoms with van der Waals surface area (Å²) >= 11 is 0. The fraction of sp³-hybridized carbons (Fsp3) is 0.348. The maximum atomic E-state index is 13.7. The molecule has 2 aliphatic heterocycles. The third kappa shape index (κ3) is 3.82. The molecule has 0 atom stereocenters. The summed E-state index contributed by atoms with van der Waals surface area (Å²) in [6, 6.07) is 12.3. The first kappa shape index (κ1) is 20.8. The van der Waals surface area contributed by atoms with Gasteiger partial charge in [0.05, 0.1) is 4.90 Å². The molecular weight excluding hydrogens is 430 g/mol. The van der Waals surface area contributed by atoms with Crippen molar-refractivity contribution in [2.24, 2.45) is 0 Å². The van der Waals surface area contributed by atoms with E-state index in [0.717, 1.165) is 24.2 Å². The third-order valence-electron chi connectivity index (χ3n) is 5.71. The molecule has 0 saturated carbocycles. The van der Waals surface area contributed by atoms with Gasteiger partial charge in [-0.15, -0.1) is 0 Å². The fourth-order valence-electron chi connectivity index (χ4n) is 3.89. The quantitative estimate of drug-likeness (QED) is 0.594. The van der Waals surface area contributed by atoms with Crippen LogP contribution in [-0.4, -0.2) is 64.7 Å². The Morgan fingerprint density at radius 2 is 1.69 bits per heavy atom. The van der Waals surface area contributed by atoms with Crippen LogP contribution in [-0.2, 0) is 9.84 Å². The zero-order valence-electron chi connectivity index (χ0n) is 18.1. The Kier molecular flexibility index (Phi) is 5.30. The van der Waals surface area contributed by atoms with E-state index in [1.54, 1.807) is 6.07 Å². The van der Waals surface area contributed by atoms with Crippen LogP contribution in [0.4, 0.5) is 5.88 Å². The van der Waals surface area contributed by atoms with Gasteiger partial charge in [-0.25, -0.2) is 8.42 Å². The summed E-state index contributed by atoms with van der Waals surface area (Å²) in [5.74, 6) is 1.53. The molecule has 0 radical (unpaired) electrons. The highest BCUT2D eigenvalue weighted by molar-refractivity contribution is 7.91. The van der Waals surface area contributed by atoms with Gasteiger partial charge in [0.15, 0.2) is 11.5 Å². The second kappa shape index (κ2) is 8.14. The number of aromatic nitrogens is 1. The van der Waals surface area contributed by atoms with E-state index in [1.165, 1.54) is 12.1 Å². The summed E-state index contributed by atoms with van der Waals surface area (Å²) in [5.41, 5.74) is 1.78. The number of piperazine rings is 1. The zero-order valence-corrected chi connectivity index (χ0v) is 18.9. The molecule has 8 nitrogen and oxygen atoms in total. The molecule has 1 fully saturated rings. The predicted octanol–water partition coefficient (Wildman–Crippen LogP) is 3.01. The molecule has 9 heteroatoms. The van der Waals surface area contributed by atoms with Gasteiger partial charge < -0.3 is 23.7 Å². The number of ether oxygens (including phenoxy) is 2. The molecule has 5 rings (SSSR count). The van der Waals surface area contributed by atoms with E-state index >= 15 is 0 Å². The van der Waals surface area contributed by atoms with Crippen LogP contribution < -0.4 is 14.4 Å². The van der Waals surface area contributed by atoms with E-state index in [1.807, 2.05) is 43.1 Å². The van der Waals surface area contributed by atoms with Crippen LogP contribution in [0.3, 0.4) is 0 Å². The number of nitrogens with zero attached hydrogens (tertiary/aromatic N) is 3. The van der Waals surface area contributed by atoms with Gasteiger partial charge in [0.2, 0.25) is 26.6 Å². The summed E-state index contributed by atoms with van der Waals surface area (Å²) < 4.78 is 44.6. The molecule has 1 saturated heterocycles. The second-order valence-electron chi connectivity index (χ2n) is 8.10. The number of benzene rings is 2. The van der Waals surface area contributed by atoms with Crippen LogP contribution in [0.1, 0.15) is 5.56 Å². The lowest BCUT2D eigenvalue weighted by Crippen LogP contribution is -2.44. The number of anilines is 1. The first-order valence-corrected chi connectivity index (χ1v) is 12.1. The van der Waals surface area contributed by atoms with E-state index in [2.05, 4.69) is 9.88 Å². The molecule has 32 heavy (non-hydrogen) atoms. The topological polar surface area (TPSA) is 85.1 Å². The molecule has 0 bridgehead atoms. The van der Waals surface area contributed by atoms with Gasteiger partial charge in [-0.05, 0) is 38.2 Å². The molecule has 1 aromatic heterocycles. The summed E-state index contributed by atoms with van der Waals surface area (Å²) in [6.07, 6.45) is 0. The van der Waals surface area contributed by atoms with Gasteiger partial charge in [0.25, 0.3) is 0 Å². The van der Waals surface area contributed by atoms with Gasteiger partial charge >= 0.3 is 0 Å². The Morgan fingerprint density at radius 3 is 2.44 bits per heavy atom. The second-order valence-corrected chi connectivity index (χ2v) is 9.96. The number of hydrogen-bond donors (Lipinski definition) is 0. The maximum Gasteiger partial charge on any atom is 0.236 e. The van der Waals surface area contributed by atoms with Gasteiger partial charge in [-0.1, -0.05) is 17.7 Å². The van der Waals surface area contributed by atoms with E-state index in [4.69, 9.17) is 13.9 Å². The molecule has 0 unspecified atom stereocenters. The first-order chi connectivity index (χ1) is 15.4. The first-order valence-electron chi connectivity index (χ1n) is 10.6. The molecule has 2 aromatic carbocycles. The molecule has 0 spiro atoms. The fourth-order valence-corrected chi connectivity index (χ4v) is 5.22.